The van der Waals surface area contributed by atoms with Crippen LogP contribution in [0.4, 0.5) is 5.69 Å². The number of thiophene rings is 1. The van der Waals surface area contributed by atoms with Gasteiger partial charge in [0.1, 0.15) is 0 Å². The minimum atomic E-state index is -0.994. The molecule has 1 amide bonds. The molecular weight excluding hydrogens is 286 g/mol. The Labute approximate surface area is 118 Å². The standard InChI is InChI=1S/C13H10ClNO3S/c1-7-6-8(13(17)18)2-3-9(7)15-12(16)10-4-5-11(14)19-10/h2-6H,1H3,(H,15,16)(H,17,18). The van der Waals surface area contributed by atoms with Crippen molar-refractivity contribution in [1.82, 2.24) is 0 Å². The predicted octanol–water partition coefficient (Wildman–Crippen LogP) is 3.66. The molecule has 19 heavy (non-hydrogen) atoms. The summed E-state index contributed by atoms with van der Waals surface area (Å²) in [5.41, 5.74) is 1.46. The summed E-state index contributed by atoms with van der Waals surface area (Å²) in [7, 11) is 0. The summed E-state index contributed by atoms with van der Waals surface area (Å²) in [6.07, 6.45) is 0. The van der Waals surface area contributed by atoms with Gasteiger partial charge in [0.2, 0.25) is 0 Å². The lowest BCUT2D eigenvalue weighted by atomic mass is 10.1. The van der Waals surface area contributed by atoms with E-state index in [1.807, 2.05) is 0 Å². The van der Waals surface area contributed by atoms with Crippen LogP contribution in [0, 0.1) is 6.92 Å². The fourth-order valence-electron chi connectivity index (χ4n) is 1.56. The van der Waals surface area contributed by atoms with Gasteiger partial charge in [-0.05, 0) is 42.8 Å². The molecule has 2 aromatic rings. The van der Waals surface area contributed by atoms with Crippen LogP contribution in [0.5, 0.6) is 0 Å². The molecular formula is C13H10ClNO3S. The fraction of sp³-hybridized carbons (Fsp3) is 0.0769. The van der Waals surface area contributed by atoms with Crippen molar-refractivity contribution in [2.75, 3.05) is 5.32 Å². The Hall–Kier alpha value is -1.85. The number of carbonyl (C=O) groups excluding carboxylic acids is 1. The van der Waals surface area contributed by atoms with E-state index in [0.29, 0.717) is 20.5 Å². The third-order valence-corrected chi connectivity index (χ3v) is 3.75. The van der Waals surface area contributed by atoms with E-state index in [-0.39, 0.29) is 11.5 Å². The van der Waals surface area contributed by atoms with E-state index >= 15 is 0 Å². The van der Waals surface area contributed by atoms with Crippen molar-refractivity contribution < 1.29 is 14.7 Å². The van der Waals surface area contributed by atoms with Crippen molar-refractivity contribution in [3.63, 3.8) is 0 Å². The highest BCUT2D eigenvalue weighted by Crippen LogP contribution is 2.23. The summed E-state index contributed by atoms with van der Waals surface area (Å²) in [5.74, 6) is -1.26. The molecule has 0 unspecified atom stereocenters. The molecule has 0 radical (unpaired) electrons. The second-order valence-electron chi connectivity index (χ2n) is 3.89. The van der Waals surface area contributed by atoms with Gasteiger partial charge in [0.25, 0.3) is 5.91 Å². The highest BCUT2D eigenvalue weighted by atomic mass is 35.5. The first-order chi connectivity index (χ1) is 8.97. The third kappa shape index (κ3) is 3.13. The van der Waals surface area contributed by atoms with E-state index < -0.39 is 5.97 Å². The molecule has 1 aromatic carbocycles. The lowest BCUT2D eigenvalue weighted by Crippen LogP contribution is -2.11. The topological polar surface area (TPSA) is 66.4 Å². The van der Waals surface area contributed by atoms with Crippen molar-refractivity contribution in [1.29, 1.82) is 0 Å². The smallest absolute Gasteiger partial charge is 0.335 e. The average Bonchev–Trinajstić information content (AvgIpc) is 2.78. The third-order valence-electron chi connectivity index (χ3n) is 2.52. The van der Waals surface area contributed by atoms with Crippen molar-refractivity contribution in [3.05, 3.63) is 50.7 Å². The second kappa shape index (κ2) is 5.42. The molecule has 0 bridgehead atoms. The molecule has 0 saturated heterocycles. The molecule has 0 saturated carbocycles. The Morgan fingerprint density at radius 1 is 1.26 bits per heavy atom. The first-order valence-corrected chi connectivity index (χ1v) is 6.57. The number of halogens is 1. The van der Waals surface area contributed by atoms with Gasteiger partial charge in [0.15, 0.2) is 0 Å². The summed E-state index contributed by atoms with van der Waals surface area (Å²) >= 11 is 6.96. The highest BCUT2D eigenvalue weighted by molar-refractivity contribution is 7.18. The quantitative estimate of drug-likeness (QED) is 0.908. The molecule has 0 atom stereocenters. The highest BCUT2D eigenvalue weighted by Gasteiger charge is 2.11. The zero-order valence-corrected chi connectivity index (χ0v) is 11.5. The van der Waals surface area contributed by atoms with Gasteiger partial charge in [-0.15, -0.1) is 11.3 Å². The van der Waals surface area contributed by atoms with E-state index in [4.69, 9.17) is 16.7 Å². The molecule has 0 fully saturated rings. The lowest BCUT2D eigenvalue weighted by molar-refractivity contribution is 0.0696. The maximum Gasteiger partial charge on any atom is 0.335 e. The van der Waals surface area contributed by atoms with Crippen LogP contribution in [0.1, 0.15) is 25.6 Å². The van der Waals surface area contributed by atoms with Crippen molar-refractivity contribution in [2.45, 2.75) is 6.92 Å². The molecule has 4 nitrogen and oxygen atoms in total. The number of nitrogens with one attached hydrogen (secondary N) is 1. The molecule has 98 valence electrons. The average molecular weight is 296 g/mol. The summed E-state index contributed by atoms with van der Waals surface area (Å²) in [6.45, 7) is 1.74. The molecule has 1 aromatic heterocycles. The number of benzene rings is 1. The minimum absolute atomic E-state index is 0.190. The maximum atomic E-state index is 11.9. The Morgan fingerprint density at radius 2 is 2.00 bits per heavy atom. The Kier molecular flexibility index (Phi) is 3.87. The summed E-state index contributed by atoms with van der Waals surface area (Å²) < 4.78 is 0.545. The summed E-state index contributed by atoms with van der Waals surface area (Å²) in [4.78, 5) is 23.2. The van der Waals surface area contributed by atoms with Gasteiger partial charge in [-0.1, -0.05) is 11.6 Å². The number of carboxylic acid groups (broad SMARTS) is 1. The Morgan fingerprint density at radius 3 is 2.53 bits per heavy atom. The summed E-state index contributed by atoms with van der Waals surface area (Å²) in [5, 5.41) is 11.6. The number of rotatable bonds is 3. The first kappa shape index (κ1) is 13.6. The largest absolute Gasteiger partial charge is 0.478 e. The number of aromatic carboxylic acids is 1. The molecule has 0 spiro atoms. The fourth-order valence-corrected chi connectivity index (χ4v) is 2.50. The number of hydrogen-bond acceptors (Lipinski definition) is 3. The Bertz CT molecular complexity index is 651. The van der Waals surface area contributed by atoms with E-state index in [1.54, 1.807) is 25.1 Å². The zero-order valence-electron chi connectivity index (χ0n) is 9.94. The van der Waals surface area contributed by atoms with Crippen LogP contribution < -0.4 is 5.32 Å². The number of aryl methyl sites for hydroxylation is 1. The molecule has 0 aliphatic carbocycles. The van der Waals surface area contributed by atoms with Gasteiger partial charge in [0.05, 0.1) is 14.8 Å². The Balaban J connectivity index is 2.20. The molecule has 0 aliphatic rings. The first-order valence-electron chi connectivity index (χ1n) is 5.38. The molecule has 1 heterocycles. The van der Waals surface area contributed by atoms with Crippen LogP contribution in [-0.2, 0) is 0 Å². The van der Waals surface area contributed by atoms with Gasteiger partial charge in [-0.25, -0.2) is 4.79 Å². The number of anilines is 1. The normalized spacial score (nSPS) is 10.2. The zero-order chi connectivity index (χ0) is 14.0. The van der Waals surface area contributed by atoms with Crippen LogP contribution in [-0.4, -0.2) is 17.0 Å². The van der Waals surface area contributed by atoms with Crippen LogP contribution >= 0.6 is 22.9 Å². The molecule has 2 N–H and O–H groups in total. The SMILES string of the molecule is Cc1cc(C(=O)O)ccc1NC(=O)c1ccc(Cl)s1. The van der Waals surface area contributed by atoms with Gasteiger partial charge >= 0.3 is 5.97 Å². The second-order valence-corrected chi connectivity index (χ2v) is 5.61. The molecule has 0 aliphatic heterocycles. The van der Waals surface area contributed by atoms with E-state index in [0.717, 1.165) is 0 Å². The van der Waals surface area contributed by atoms with E-state index in [9.17, 15) is 9.59 Å². The van der Waals surface area contributed by atoms with E-state index in [2.05, 4.69) is 5.32 Å². The maximum absolute atomic E-state index is 11.9. The number of hydrogen-bond donors (Lipinski definition) is 2. The summed E-state index contributed by atoms with van der Waals surface area (Å²) in [6, 6.07) is 7.84. The minimum Gasteiger partial charge on any atom is -0.478 e. The van der Waals surface area contributed by atoms with Crippen LogP contribution in [0.25, 0.3) is 0 Å². The number of carboxylic acids is 1. The van der Waals surface area contributed by atoms with Gasteiger partial charge < -0.3 is 10.4 Å². The van der Waals surface area contributed by atoms with Gasteiger partial charge in [-0.2, -0.15) is 0 Å². The predicted molar refractivity (Wildman–Crippen MR) is 75.4 cm³/mol. The lowest BCUT2D eigenvalue weighted by Gasteiger charge is -2.08. The van der Waals surface area contributed by atoms with Gasteiger partial charge in [0, 0.05) is 5.69 Å². The van der Waals surface area contributed by atoms with E-state index in [1.165, 1.54) is 23.5 Å². The van der Waals surface area contributed by atoms with Crippen molar-refractivity contribution >= 4 is 40.5 Å². The van der Waals surface area contributed by atoms with Crippen molar-refractivity contribution in [2.24, 2.45) is 0 Å². The molecule has 6 heteroatoms. The number of carbonyl (C=O) groups is 2. The molecule has 2 rings (SSSR count). The van der Waals surface area contributed by atoms with Gasteiger partial charge in [-0.3, -0.25) is 4.79 Å². The monoisotopic (exact) mass is 295 g/mol. The van der Waals surface area contributed by atoms with Crippen LogP contribution in [0.15, 0.2) is 30.3 Å². The number of amides is 1. The van der Waals surface area contributed by atoms with Crippen LogP contribution in [0.3, 0.4) is 0 Å². The van der Waals surface area contributed by atoms with Crippen LogP contribution in [0.2, 0.25) is 4.34 Å². The van der Waals surface area contributed by atoms with Crippen molar-refractivity contribution in [3.8, 4) is 0 Å².